The van der Waals surface area contributed by atoms with Crippen LogP contribution in [-0.4, -0.2) is 41.2 Å². The number of oxime groups is 1. The summed E-state index contributed by atoms with van der Waals surface area (Å²) in [6.45, 7) is 2.52. The molecular formula is C15H19N3O3S. The highest BCUT2D eigenvalue weighted by Gasteiger charge is 2.34. The number of amides is 2. The van der Waals surface area contributed by atoms with Crippen molar-refractivity contribution < 1.29 is 14.4 Å². The summed E-state index contributed by atoms with van der Waals surface area (Å²) in [6, 6.07) is 3.22. The van der Waals surface area contributed by atoms with Gasteiger partial charge in [0, 0.05) is 13.0 Å². The molecule has 0 saturated carbocycles. The number of likely N-dealkylation sites (tertiary alicyclic amines) is 1. The number of thiophene rings is 1. The molecule has 0 aliphatic carbocycles. The van der Waals surface area contributed by atoms with Gasteiger partial charge in [0.2, 0.25) is 5.91 Å². The molecule has 1 N–H and O–H groups in total. The lowest BCUT2D eigenvalue weighted by molar-refractivity contribution is -0.125. The highest BCUT2D eigenvalue weighted by atomic mass is 32.1. The van der Waals surface area contributed by atoms with E-state index in [1.807, 2.05) is 18.4 Å². The van der Waals surface area contributed by atoms with Gasteiger partial charge in [-0.05, 0) is 37.6 Å². The van der Waals surface area contributed by atoms with Crippen LogP contribution < -0.4 is 5.32 Å². The maximum Gasteiger partial charge on any atom is 0.264 e. The van der Waals surface area contributed by atoms with Crippen LogP contribution in [0.1, 0.15) is 42.3 Å². The van der Waals surface area contributed by atoms with E-state index in [9.17, 15) is 9.59 Å². The predicted octanol–water partition coefficient (Wildman–Crippen LogP) is 1.98. The maximum absolute atomic E-state index is 12.6. The molecule has 2 atom stereocenters. The number of amidine groups is 1. The van der Waals surface area contributed by atoms with Crippen molar-refractivity contribution in [2.24, 2.45) is 5.16 Å². The summed E-state index contributed by atoms with van der Waals surface area (Å²) in [6.07, 6.45) is 3.16. The minimum atomic E-state index is -0.429. The molecule has 6 nitrogen and oxygen atoms in total. The average Bonchev–Trinajstić information content (AvgIpc) is 3.18. The summed E-state index contributed by atoms with van der Waals surface area (Å²) in [4.78, 5) is 32.5. The molecule has 0 bridgehead atoms. The standard InChI is InChI=1S/C15H19N3O3S/c1-10-9-13(17-21-10)16-14(19)11-5-2-3-7-18(11)15(20)12-6-4-8-22-12/h4,6,8,10-11H,2-3,5,7,9H2,1H3,(H,16,17,19)/t10-,11-/m1/s1. The second kappa shape index (κ2) is 6.48. The summed E-state index contributed by atoms with van der Waals surface area (Å²) in [5.74, 6) is 0.320. The molecular weight excluding hydrogens is 302 g/mol. The van der Waals surface area contributed by atoms with Gasteiger partial charge in [0.05, 0.1) is 4.88 Å². The Labute approximate surface area is 133 Å². The molecule has 7 heteroatoms. The number of hydrogen-bond acceptors (Lipinski definition) is 5. The first-order chi connectivity index (χ1) is 10.6. The number of carbonyl (C=O) groups excluding carboxylic acids is 2. The van der Waals surface area contributed by atoms with Crippen LogP contribution in [0.5, 0.6) is 0 Å². The SMILES string of the molecule is C[C@@H]1CC(NC(=O)[C@H]2CCCCN2C(=O)c2cccs2)=NO1. The van der Waals surface area contributed by atoms with Crippen molar-refractivity contribution in [1.29, 1.82) is 0 Å². The monoisotopic (exact) mass is 321 g/mol. The zero-order valence-electron chi connectivity index (χ0n) is 12.4. The lowest BCUT2D eigenvalue weighted by Crippen LogP contribution is -2.52. The number of nitrogens with one attached hydrogen (secondary N) is 1. The van der Waals surface area contributed by atoms with Crippen molar-refractivity contribution in [2.75, 3.05) is 6.54 Å². The van der Waals surface area contributed by atoms with E-state index >= 15 is 0 Å². The number of nitrogens with zero attached hydrogens (tertiary/aromatic N) is 2. The van der Waals surface area contributed by atoms with Crippen LogP contribution in [0.3, 0.4) is 0 Å². The minimum Gasteiger partial charge on any atom is -0.391 e. The van der Waals surface area contributed by atoms with Crippen LogP contribution in [0.15, 0.2) is 22.7 Å². The summed E-state index contributed by atoms with van der Waals surface area (Å²) in [5, 5.41) is 8.53. The third-order valence-electron chi connectivity index (χ3n) is 3.89. The Kier molecular flexibility index (Phi) is 4.42. The zero-order chi connectivity index (χ0) is 15.5. The first-order valence-corrected chi connectivity index (χ1v) is 8.41. The molecule has 1 saturated heterocycles. The fourth-order valence-corrected chi connectivity index (χ4v) is 3.47. The number of rotatable bonds is 2. The Morgan fingerprint density at radius 2 is 2.32 bits per heavy atom. The molecule has 118 valence electrons. The maximum atomic E-state index is 12.6. The van der Waals surface area contributed by atoms with Gasteiger partial charge >= 0.3 is 0 Å². The molecule has 0 aromatic carbocycles. The van der Waals surface area contributed by atoms with E-state index in [1.54, 1.807) is 11.0 Å². The Bertz CT molecular complexity index is 585. The Hall–Kier alpha value is -1.89. The molecule has 1 aromatic rings. The molecule has 0 spiro atoms. The van der Waals surface area contributed by atoms with Gasteiger partial charge in [0.15, 0.2) is 5.84 Å². The topological polar surface area (TPSA) is 71.0 Å². The first kappa shape index (κ1) is 15.0. The van der Waals surface area contributed by atoms with Gasteiger partial charge in [-0.15, -0.1) is 11.3 Å². The lowest BCUT2D eigenvalue weighted by Gasteiger charge is -2.34. The summed E-state index contributed by atoms with van der Waals surface area (Å²) in [5.41, 5.74) is 0. The van der Waals surface area contributed by atoms with Crippen LogP contribution in [-0.2, 0) is 9.63 Å². The van der Waals surface area contributed by atoms with Crippen molar-refractivity contribution in [2.45, 2.75) is 44.8 Å². The average molecular weight is 321 g/mol. The van der Waals surface area contributed by atoms with E-state index in [4.69, 9.17) is 4.84 Å². The minimum absolute atomic E-state index is 0.00879. The fraction of sp³-hybridized carbons (Fsp3) is 0.533. The van der Waals surface area contributed by atoms with Crippen LogP contribution in [0.2, 0.25) is 0 Å². The van der Waals surface area contributed by atoms with Gasteiger partial charge in [-0.25, -0.2) is 0 Å². The zero-order valence-corrected chi connectivity index (χ0v) is 13.3. The van der Waals surface area contributed by atoms with E-state index in [0.717, 1.165) is 12.8 Å². The molecule has 22 heavy (non-hydrogen) atoms. The highest BCUT2D eigenvalue weighted by molar-refractivity contribution is 7.12. The van der Waals surface area contributed by atoms with Crippen LogP contribution in [0.25, 0.3) is 0 Å². The predicted molar refractivity (Wildman–Crippen MR) is 83.7 cm³/mol. The van der Waals surface area contributed by atoms with Crippen LogP contribution in [0.4, 0.5) is 0 Å². The van der Waals surface area contributed by atoms with Gasteiger partial charge < -0.3 is 15.1 Å². The fourth-order valence-electron chi connectivity index (χ4n) is 2.79. The van der Waals surface area contributed by atoms with E-state index < -0.39 is 6.04 Å². The molecule has 0 radical (unpaired) electrons. The Balaban J connectivity index is 1.69. The second-order valence-electron chi connectivity index (χ2n) is 5.63. The van der Waals surface area contributed by atoms with Crippen molar-refractivity contribution in [3.05, 3.63) is 22.4 Å². The van der Waals surface area contributed by atoms with Crippen molar-refractivity contribution >= 4 is 29.0 Å². The summed E-state index contributed by atoms with van der Waals surface area (Å²) >= 11 is 1.40. The van der Waals surface area contributed by atoms with Crippen LogP contribution in [0, 0.1) is 0 Å². The quantitative estimate of drug-likeness (QED) is 0.905. The molecule has 3 rings (SSSR count). The molecule has 1 fully saturated rings. The van der Waals surface area contributed by atoms with Gasteiger partial charge in [-0.2, -0.15) is 0 Å². The van der Waals surface area contributed by atoms with Crippen molar-refractivity contribution in [1.82, 2.24) is 10.2 Å². The molecule has 1 aromatic heterocycles. The van der Waals surface area contributed by atoms with E-state index in [1.165, 1.54) is 11.3 Å². The number of hydrogen-bond donors (Lipinski definition) is 1. The van der Waals surface area contributed by atoms with Crippen molar-refractivity contribution in [3.8, 4) is 0 Å². The largest absolute Gasteiger partial charge is 0.391 e. The molecule has 2 amide bonds. The summed E-state index contributed by atoms with van der Waals surface area (Å²) < 4.78 is 0. The van der Waals surface area contributed by atoms with Gasteiger partial charge in [0.1, 0.15) is 12.1 Å². The van der Waals surface area contributed by atoms with Crippen LogP contribution >= 0.6 is 11.3 Å². The summed E-state index contributed by atoms with van der Waals surface area (Å²) in [7, 11) is 0. The molecule has 3 heterocycles. The highest BCUT2D eigenvalue weighted by Crippen LogP contribution is 2.22. The first-order valence-electron chi connectivity index (χ1n) is 7.53. The normalized spacial score (nSPS) is 24.6. The second-order valence-corrected chi connectivity index (χ2v) is 6.58. The molecule has 2 aliphatic heterocycles. The van der Waals surface area contributed by atoms with E-state index in [0.29, 0.717) is 30.1 Å². The van der Waals surface area contributed by atoms with E-state index in [-0.39, 0.29) is 17.9 Å². The third kappa shape index (κ3) is 3.14. The smallest absolute Gasteiger partial charge is 0.264 e. The number of carbonyl (C=O) groups is 2. The third-order valence-corrected chi connectivity index (χ3v) is 4.75. The molecule has 2 aliphatic rings. The molecule has 0 unspecified atom stereocenters. The lowest BCUT2D eigenvalue weighted by atomic mass is 10.0. The van der Waals surface area contributed by atoms with E-state index in [2.05, 4.69) is 10.5 Å². The van der Waals surface area contributed by atoms with Gasteiger partial charge in [-0.3, -0.25) is 9.59 Å². The van der Waals surface area contributed by atoms with Crippen molar-refractivity contribution in [3.63, 3.8) is 0 Å². The Morgan fingerprint density at radius 3 is 3.00 bits per heavy atom. The number of piperidine rings is 1. The van der Waals surface area contributed by atoms with Gasteiger partial charge in [-0.1, -0.05) is 11.2 Å². The van der Waals surface area contributed by atoms with Gasteiger partial charge in [0.25, 0.3) is 5.91 Å². The Morgan fingerprint density at radius 1 is 1.45 bits per heavy atom.